The average molecular weight is 296 g/mol. The first-order valence-electron chi connectivity index (χ1n) is 5.19. The number of thioether (sulfide) groups is 1. The second-order valence-corrected chi connectivity index (χ2v) is 4.75. The van der Waals surface area contributed by atoms with E-state index in [0.717, 1.165) is 10.6 Å². The Kier molecular flexibility index (Phi) is 4.98. The van der Waals surface area contributed by atoms with Crippen molar-refractivity contribution in [3.8, 4) is 0 Å². The highest BCUT2D eigenvalue weighted by Gasteiger charge is 2.31. The Morgan fingerprint density at radius 3 is 2.74 bits per heavy atom. The summed E-state index contributed by atoms with van der Waals surface area (Å²) in [5.74, 6) is -1.52. The van der Waals surface area contributed by atoms with Crippen molar-refractivity contribution in [2.45, 2.75) is 30.7 Å². The number of halogens is 3. The number of hydrogen-bond donors (Lipinski definition) is 1. The van der Waals surface area contributed by atoms with Crippen LogP contribution in [0.15, 0.2) is 22.2 Å². The molecule has 1 heterocycles. The molecule has 106 valence electrons. The molecule has 1 atom stereocenters. The zero-order valence-corrected chi connectivity index (χ0v) is 10.7. The molecule has 0 aliphatic heterocycles. The van der Waals surface area contributed by atoms with Gasteiger partial charge in [-0.2, -0.15) is 18.2 Å². The van der Waals surface area contributed by atoms with Crippen LogP contribution in [0.4, 0.5) is 13.2 Å². The number of aliphatic carboxylic acids is 1. The Morgan fingerprint density at radius 1 is 1.58 bits per heavy atom. The number of carbonyl (C=O) groups is 1. The highest BCUT2D eigenvalue weighted by molar-refractivity contribution is 7.99. The van der Waals surface area contributed by atoms with Crippen molar-refractivity contribution in [3.63, 3.8) is 0 Å². The van der Waals surface area contributed by atoms with E-state index in [1.54, 1.807) is 0 Å². The van der Waals surface area contributed by atoms with Gasteiger partial charge in [0.15, 0.2) is 5.16 Å². The van der Waals surface area contributed by atoms with E-state index in [1.165, 1.54) is 13.1 Å². The van der Waals surface area contributed by atoms with Gasteiger partial charge in [0.2, 0.25) is 0 Å². The van der Waals surface area contributed by atoms with Crippen LogP contribution in [0.25, 0.3) is 0 Å². The van der Waals surface area contributed by atoms with Gasteiger partial charge in [-0.05, 0) is 6.92 Å². The van der Waals surface area contributed by atoms with Crippen molar-refractivity contribution in [2.24, 2.45) is 0 Å². The van der Waals surface area contributed by atoms with Crippen LogP contribution in [0, 0.1) is 0 Å². The summed E-state index contributed by atoms with van der Waals surface area (Å²) in [5, 5.41) is 8.51. The molecule has 0 aliphatic rings. The maximum absolute atomic E-state index is 12.3. The summed E-state index contributed by atoms with van der Waals surface area (Å²) in [7, 11) is 0. The molecule has 0 saturated carbocycles. The minimum atomic E-state index is -4.35. The number of carboxylic acid groups (broad SMARTS) is 1. The minimum Gasteiger partial charge on any atom is -0.481 e. The van der Waals surface area contributed by atoms with Crippen LogP contribution in [-0.4, -0.2) is 32.6 Å². The second kappa shape index (κ2) is 6.09. The van der Waals surface area contributed by atoms with E-state index >= 15 is 0 Å². The number of nitrogens with zero attached hydrogens (tertiary/aromatic N) is 2. The van der Waals surface area contributed by atoms with Crippen LogP contribution in [0.5, 0.6) is 0 Å². The van der Waals surface area contributed by atoms with Gasteiger partial charge >= 0.3 is 12.1 Å². The molecule has 0 amide bonds. The summed E-state index contributed by atoms with van der Waals surface area (Å²) in [6, 6.07) is 0.0712. The van der Waals surface area contributed by atoms with Gasteiger partial charge in [0.05, 0.1) is 12.2 Å². The number of rotatable bonds is 5. The smallest absolute Gasteiger partial charge is 0.391 e. The van der Waals surface area contributed by atoms with Gasteiger partial charge in [-0.1, -0.05) is 11.8 Å². The minimum absolute atomic E-state index is 0.0355. The van der Waals surface area contributed by atoms with Gasteiger partial charge in [-0.3, -0.25) is 9.59 Å². The van der Waals surface area contributed by atoms with Crippen LogP contribution < -0.4 is 5.56 Å². The Balaban J connectivity index is 2.98. The fourth-order valence-electron chi connectivity index (χ4n) is 1.40. The van der Waals surface area contributed by atoms with Gasteiger partial charge in [0, 0.05) is 18.3 Å². The molecule has 1 rings (SSSR count). The molecule has 1 N–H and O–H groups in total. The van der Waals surface area contributed by atoms with Gasteiger partial charge in [0.1, 0.15) is 0 Å². The highest BCUT2D eigenvalue weighted by atomic mass is 32.2. The largest absolute Gasteiger partial charge is 0.481 e. The third-order valence-electron chi connectivity index (χ3n) is 2.13. The zero-order chi connectivity index (χ0) is 14.6. The molecule has 0 aliphatic carbocycles. The number of alkyl halides is 3. The lowest BCUT2D eigenvalue weighted by atomic mass is 10.2. The number of hydrogen-bond acceptors (Lipinski definition) is 4. The lowest BCUT2D eigenvalue weighted by Gasteiger charge is -2.19. The van der Waals surface area contributed by atoms with Crippen molar-refractivity contribution in [3.05, 3.63) is 22.6 Å². The summed E-state index contributed by atoms with van der Waals surface area (Å²) in [5.41, 5.74) is -0.622. The summed E-state index contributed by atoms with van der Waals surface area (Å²) < 4.78 is 38.1. The van der Waals surface area contributed by atoms with Crippen molar-refractivity contribution < 1.29 is 23.1 Å². The highest BCUT2D eigenvalue weighted by Crippen LogP contribution is 2.29. The molecule has 9 heteroatoms. The lowest BCUT2D eigenvalue weighted by Crippen LogP contribution is -2.21. The molecule has 0 fully saturated rings. The van der Waals surface area contributed by atoms with Crippen molar-refractivity contribution in [2.75, 3.05) is 5.75 Å². The normalized spacial score (nSPS) is 13.3. The molecule has 0 aromatic carbocycles. The predicted molar refractivity (Wildman–Crippen MR) is 62.2 cm³/mol. The second-order valence-electron chi connectivity index (χ2n) is 3.81. The SMILES string of the molecule is CC(CC(F)(F)F)n1ccc(=O)nc1SCC(=O)O. The maximum atomic E-state index is 12.3. The maximum Gasteiger partial charge on any atom is 0.391 e. The third kappa shape index (κ3) is 5.33. The van der Waals surface area contributed by atoms with E-state index < -0.39 is 30.2 Å². The van der Waals surface area contributed by atoms with Crippen LogP contribution in [-0.2, 0) is 4.79 Å². The molecule has 0 bridgehead atoms. The first kappa shape index (κ1) is 15.5. The Morgan fingerprint density at radius 2 is 2.21 bits per heavy atom. The molecule has 0 radical (unpaired) electrons. The topological polar surface area (TPSA) is 72.2 Å². The molecule has 19 heavy (non-hydrogen) atoms. The van der Waals surface area contributed by atoms with Gasteiger partial charge in [-0.15, -0.1) is 0 Å². The van der Waals surface area contributed by atoms with E-state index in [2.05, 4.69) is 4.98 Å². The monoisotopic (exact) mass is 296 g/mol. The van der Waals surface area contributed by atoms with E-state index in [4.69, 9.17) is 5.11 Å². The molecule has 0 spiro atoms. The van der Waals surface area contributed by atoms with E-state index in [-0.39, 0.29) is 10.9 Å². The zero-order valence-electron chi connectivity index (χ0n) is 9.85. The first-order chi connectivity index (χ1) is 8.69. The van der Waals surface area contributed by atoms with Gasteiger partial charge in [-0.25, -0.2) is 0 Å². The molecule has 0 saturated heterocycles. The molecule has 1 aromatic rings. The summed E-state index contributed by atoms with van der Waals surface area (Å²) >= 11 is 0.709. The molecular weight excluding hydrogens is 285 g/mol. The number of carboxylic acids is 1. The summed E-state index contributed by atoms with van der Waals surface area (Å²) in [4.78, 5) is 25.1. The first-order valence-corrected chi connectivity index (χ1v) is 6.18. The van der Waals surface area contributed by atoms with Crippen molar-refractivity contribution in [1.29, 1.82) is 0 Å². The lowest BCUT2D eigenvalue weighted by molar-refractivity contribution is -0.142. The Hall–Kier alpha value is -1.51. The predicted octanol–water partition coefficient (Wildman–Crippen LogP) is 1.93. The summed E-state index contributed by atoms with van der Waals surface area (Å²) in [6.07, 6.45) is -4.24. The summed E-state index contributed by atoms with van der Waals surface area (Å²) in [6.45, 7) is 1.32. The molecule has 1 aromatic heterocycles. The Bertz CT molecular complexity index is 515. The van der Waals surface area contributed by atoms with E-state index in [0.29, 0.717) is 11.8 Å². The fourth-order valence-corrected chi connectivity index (χ4v) is 2.20. The quantitative estimate of drug-likeness (QED) is 0.664. The van der Waals surface area contributed by atoms with Crippen molar-refractivity contribution >= 4 is 17.7 Å². The van der Waals surface area contributed by atoms with Crippen LogP contribution in [0.2, 0.25) is 0 Å². The van der Waals surface area contributed by atoms with Gasteiger partial charge in [0.25, 0.3) is 5.56 Å². The van der Waals surface area contributed by atoms with E-state index in [9.17, 15) is 22.8 Å². The van der Waals surface area contributed by atoms with E-state index in [1.807, 2.05) is 0 Å². The van der Waals surface area contributed by atoms with Crippen LogP contribution >= 0.6 is 11.8 Å². The molecular formula is C10H11F3N2O3S. The van der Waals surface area contributed by atoms with Gasteiger partial charge < -0.3 is 9.67 Å². The third-order valence-corrected chi connectivity index (χ3v) is 3.08. The number of aromatic nitrogens is 2. The average Bonchev–Trinajstić information content (AvgIpc) is 2.23. The fraction of sp³-hybridized carbons (Fsp3) is 0.500. The van der Waals surface area contributed by atoms with Crippen LogP contribution in [0.3, 0.4) is 0 Å². The van der Waals surface area contributed by atoms with Crippen molar-refractivity contribution in [1.82, 2.24) is 9.55 Å². The molecule has 1 unspecified atom stereocenters. The molecule has 5 nitrogen and oxygen atoms in total. The van der Waals surface area contributed by atoms with Crippen LogP contribution in [0.1, 0.15) is 19.4 Å². The standard InChI is InChI=1S/C10H11F3N2O3S/c1-6(4-10(11,12)13)15-3-2-7(16)14-9(15)19-5-8(17)18/h2-3,6H,4-5H2,1H3,(H,17,18). The Labute approximate surface area is 110 Å².